The number of aromatic nitrogens is 2. The van der Waals surface area contributed by atoms with Crippen LogP contribution in [0.5, 0.6) is 0 Å². The molecule has 0 saturated carbocycles. The fourth-order valence-electron chi connectivity index (χ4n) is 1.47. The lowest BCUT2D eigenvalue weighted by atomic mass is 10.4. The molecule has 0 saturated heterocycles. The molecule has 1 rings (SSSR count). The Morgan fingerprint density at radius 2 is 2.12 bits per heavy atom. The molecular weight excluding hydrogens is 226 g/mol. The van der Waals surface area contributed by atoms with Gasteiger partial charge in [0.15, 0.2) is 0 Å². The summed E-state index contributed by atoms with van der Waals surface area (Å²) >= 11 is 0. The maximum Gasteiger partial charge on any atom is 0.244 e. The Balaban J connectivity index is 3.04. The monoisotopic (exact) mass is 241 g/mol. The second-order valence-corrected chi connectivity index (χ2v) is 5.18. The third-order valence-electron chi connectivity index (χ3n) is 2.27. The van der Waals surface area contributed by atoms with Crippen LogP contribution in [0.1, 0.15) is 17.8 Å². The Kier molecular flexibility index (Phi) is 3.73. The molecule has 0 amide bonds. The van der Waals surface area contributed by atoms with Gasteiger partial charge in [0.25, 0.3) is 0 Å². The number of rotatable bonds is 4. The minimum Gasteiger partial charge on any atom is -0.271 e. The second kappa shape index (κ2) is 4.68. The molecule has 0 aliphatic rings. The van der Waals surface area contributed by atoms with Gasteiger partial charge in [-0.15, -0.1) is 12.3 Å². The Hall–Kier alpha value is -1.32. The van der Waals surface area contributed by atoms with E-state index >= 15 is 0 Å². The number of nitrogens with one attached hydrogen (secondary N) is 1. The SMILES string of the molecule is C#CCCNS(=O)(=O)c1c(C)nn(C)c1C. The molecule has 0 spiro atoms. The zero-order chi connectivity index (χ0) is 12.3. The van der Waals surface area contributed by atoms with Crippen molar-refractivity contribution in [2.45, 2.75) is 25.2 Å². The second-order valence-electron chi connectivity index (χ2n) is 3.48. The van der Waals surface area contributed by atoms with E-state index in [2.05, 4.69) is 15.7 Å². The molecule has 0 radical (unpaired) electrons. The Labute approximate surface area is 95.9 Å². The van der Waals surface area contributed by atoms with E-state index in [1.165, 1.54) is 0 Å². The van der Waals surface area contributed by atoms with Crippen LogP contribution < -0.4 is 4.72 Å². The molecule has 1 aromatic heterocycles. The number of hydrogen-bond acceptors (Lipinski definition) is 3. The predicted octanol–water partition coefficient (Wildman–Crippen LogP) is 0.339. The van der Waals surface area contributed by atoms with E-state index in [-0.39, 0.29) is 11.4 Å². The first-order valence-corrected chi connectivity index (χ1v) is 6.31. The van der Waals surface area contributed by atoms with Crippen molar-refractivity contribution in [1.29, 1.82) is 0 Å². The van der Waals surface area contributed by atoms with Crippen LogP contribution in [0.15, 0.2) is 4.90 Å². The molecule has 6 heteroatoms. The molecule has 0 atom stereocenters. The summed E-state index contributed by atoms with van der Waals surface area (Å²) in [6.07, 6.45) is 5.43. The van der Waals surface area contributed by atoms with Crippen LogP contribution >= 0.6 is 0 Å². The lowest BCUT2D eigenvalue weighted by Gasteiger charge is -2.05. The lowest BCUT2D eigenvalue weighted by molar-refractivity contribution is 0.581. The Bertz CT molecular complexity index is 523. The highest BCUT2D eigenvalue weighted by molar-refractivity contribution is 7.89. The molecule has 1 heterocycles. The standard InChI is InChI=1S/C10H15N3O2S/c1-5-6-7-11-16(14,15)10-8(2)12-13(4)9(10)3/h1,11H,6-7H2,2-4H3. The molecule has 0 bridgehead atoms. The average molecular weight is 241 g/mol. The van der Waals surface area contributed by atoms with Crippen molar-refractivity contribution in [3.05, 3.63) is 11.4 Å². The van der Waals surface area contributed by atoms with E-state index < -0.39 is 10.0 Å². The van der Waals surface area contributed by atoms with E-state index in [4.69, 9.17) is 6.42 Å². The van der Waals surface area contributed by atoms with Crippen LogP contribution in [0.2, 0.25) is 0 Å². The predicted molar refractivity (Wildman–Crippen MR) is 61.3 cm³/mol. The normalized spacial score (nSPS) is 11.4. The largest absolute Gasteiger partial charge is 0.271 e. The maximum atomic E-state index is 11.9. The average Bonchev–Trinajstić information content (AvgIpc) is 2.41. The van der Waals surface area contributed by atoms with E-state index in [0.717, 1.165) is 0 Å². The Morgan fingerprint density at radius 1 is 1.50 bits per heavy atom. The number of sulfonamides is 1. The van der Waals surface area contributed by atoms with E-state index in [1.807, 2.05) is 0 Å². The minimum atomic E-state index is -3.50. The summed E-state index contributed by atoms with van der Waals surface area (Å²) in [5.74, 6) is 2.38. The molecule has 0 aliphatic heterocycles. The minimum absolute atomic E-state index is 0.243. The van der Waals surface area contributed by atoms with Gasteiger partial charge in [0.05, 0.1) is 11.4 Å². The van der Waals surface area contributed by atoms with Gasteiger partial charge in [0.2, 0.25) is 10.0 Å². The van der Waals surface area contributed by atoms with Crippen LogP contribution in [0.4, 0.5) is 0 Å². The Morgan fingerprint density at radius 3 is 2.56 bits per heavy atom. The number of hydrogen-bond donors (Lipinski definition) is 1. The van der Waals surface area contributed by atoms with Gasteiger partial charge in [0, 0.05) is 20.0 Å². The first-order valence-electron chi connectivity index (χ1n) is 4.83. The fourth-order valence-corrected chi connectivity index (χ4v) is 2.94. The molecule has 0 aliphatic carbocycles. The number of aryl methyl sites for hydroxylation is 2. The molecular formula is C10H15N3O2S. The van der Waals surface area contributed by atoms with Crippen molar-refractivity contribution < 1.29 is 8.42 Å². The summed E-state index contributed by atoms with van der Waals surface area (Å²) in [4.78, 5) is 0.243. The molecule has 0 aromatic carbocycles. The number of terminal acetylenes is 1. The molecule has 88 valence electrons. The molecule has 1 aromatic rings. The molecule has 0 fully saturated rings. The zero-order valence-electron chi connectivity index (χ0n) is 9.61. The highest BCUT2D eigenvalue weighted by Crippen LogP contribution is 2.17. The van der Waals surface area contributed by atoms with Crippen LogP contribution in [-0.2, 0) is 17.1 Å². The third-order valence-corrected chi connectivity index (χ3v) is 3.99. The zero-order valence-corrected chi connectivity index (χ0v) is 10.4. The van der Waals surface area contributed by atoms with Crippen LogP contribution in [-0.4, -0.2) is 24.7 Å². The van der Waals surface area contributed by atoms with Crippen molar-refractivity contribution >= 4 is 10.0 Å². The topological polar surface area (TPSA) is 64.0 Å². The van der Waals surface area contributed by atoms with Crippen LogP contribution in [0.3, 0.4) is 0 Å². The van der Waals surface area contributed by atoms with E-state index in [9.17, 15) is 8.42 Å². The van der Waals surface area contributed by atoms with Gasteiger partial charge in [-0.2, -0.15) is 5.10 Å². The smallest absolute Gasteiger partial charge is 0.244 e. The summed E-state index contributed by atoms with van der Waals surface area (Å²) in [5, 5.41) is 4.06. The van der Waals surface area contributed by atoms with Crippen molar-refractivity contribution in [1.82, 2.24) is 14.5 Å². The van der Waals surface area contributed by atoms with Gasteiger partial charge in [-0.3, -0.25) is 4.68 Å². The first kappa shape index (κ1) is 12.7. The molecule has 1 N–H and O–H groups in total. The van der Waals surface area contributed by atoms with Gasteiger partial charge in [-0.25, -0.2) is 13.1 Å². The number of nitrogens with zero attached hydrogens (tertiary/aromatic N) is 2. The van der Waals surface area contributed by atoms with E-state index in [0.29, 0.717) is 17.8 Å². The van der Waals surface area contributed by atoms with Crippen LogP contribution in [0, 0.1) is 26.2 Å². The van der Waals surface area contributed by atoms with Gasteiger partial charge in [0.1, 0.15) is 4.90 Å². The van der Waals surface area contributed by atoms with Crippen molar-refractivity contribution in [3.8, 4) is 12.3 Å². The van der Waals surface area contributed by atoms with E-state index in [1.54, 1.807) is 25.6 Å². The summed E-state index contributed by atoms with van der Waals surface area (Å²) in [6.45, 7) is 3.63. The van der Waals surface area contributed by atoms with Crippen LogP contribution in [0.25, 0.3) is 0 Å². The summed E-state index contributed by atoms with van der Waals surface area (Å²) in [7, 11) is -1.79. The first-order chi connectivity index (χ1) is 7.40. The fraction of sp³-hybridized carbons (Fsp3) is 0.500. The van der Waals surface area contributed by atoms with Crippen molar-refractivity contribution in [3.63, 3.8) is 0 Å². The summed E-state index contributed by atoms with van der Waals surface area (Å²) in [5.41, 5.74) is 1.11. The van der Waals surface area contributed by atoms with Gasteiger partial charge < -0.3 is 0 Å². The third kappa shape index (κ3) is 2.43. The van der Waals surface area contributed by atoms with Gasteiger partial charge >= 0.3 is 0 Å². The molecule has 5 nitrogen and oxygen atoms in total. The highest BCUT2D eigenvalue weighted by atomic mass is 32.2. The maximum absolute atomic E-state index is 11.9. The molecule has 0 unspecified atom stereocenters. The summed E-state index contributed by atoms with van der Waals surface area (Å²) < 4.78 is 27.9. The van der Waals surface area contributed by atoms with Gasteiger partial charge in [-0.05, 0) is 13.8 Å². The lowest BCUT2D eigenvalue weighted by Crippen LogP contribution is -2.25. The van der Waals surface area contributed by atoms with Crippen molar-refractivity contribution in [2.75, 3.05) is 6.54 Å². The van der Waals surface area contributed by atoms with Gasteiger partial charge in [-0.1, -0.05) is 0 Å². The van der Waals surface area contributed by atoms with Crippen molar-refractivity contribution in [2.24, 2.45) is 7.05 Å². The molecule has 16 heavy (non-hydrogen) atoms. The highest BCUT2D eigenvalue weighted by Gasteiger charge is 2.22. The summed E-state index contributed by atoms with van der Waals surface area (Å²) in [6, 6.07) is 0. The quantitative estimate of drug-likeness (QED) is 0.610.